The minimum Gasteiger partial charge on any atom is -0.378 e. The molecule has 0 aliphatic carbocycles. The predicted octanol–water partition coefficient (Wildman–Crippen LogP) is 3.93. The Kier molecular flexibility index (Phi) is 6.61. The number of aryl methyl sites for hydroxylation is 1. The number of pyridine rings is 3. The standard InChI is InChI=1S/C25H26N6O2/c1-16(2)23-11-18(4-5-27-23)25(32)30-21-12-22(17(3)28-15-21)20-10-19(13-26)24(29-14-20)31-6-8-33-9-7-31/h4-5,10-12,14-16H,6-9H2,1-3H3,(H,30,32). The van der Waals surface area contributed by atoms with E-state index in [0.717, 1.165) is 22.5 Å². The molecule has 0 atom stereocenters. The Morgan fingerprint density at radius 3 is 2.67 bits per heavy atom. The zero-order valence-electron chi connectivity index (χ0n) is 19.0. The van der Waals surface area contributed by atoms with Crippen molar-refractivity contribution in [1.82, 2.24) is 15.0 Å². The summed E-state index contributed by atoms with van der Waals surface area (Å²) in [6.07, 6.45) is 5.02. The van der Waals surface area contributed by atoms with E-state index in [1.54, 1.807) is 30.7 Å². The molecule has 0 saturated carbocycles. The summed E-state index contributed by atoms with van der Waals surface area (Å²) in [7, 11) is 0. The molecule has 168 valence electrons. The van der Waals surface area contributed by atoms with Gasteiger partial charge in [-0.3, -0.25) is 14.8 Å². The number of carbonyl (C=O) groups is 1. The maximum Gasteiger partial charge on any atom is 0.255 e. The SMILES string of the molecule is Cc1ncc(NC(=O)c2ccnc(C(C)C)c2)cc1-c1cnc(N2CCOCC2)c(C#N)c1. The Balaban J connectivity index is 1.60. The number of aromatic nitrogens is 3. The highest BCUT2D eigenvalue weighted by Crippen LogP contribution is 2.29. The molecule has 33 heavy (non-hydrogen) atoms. The molecule has 0 unspecified atom stereocenters. The molecule has 4 heterocycles. The second-order valence-corrected chi connectivity index (χ2v) is 8.24. The van der Waals surface area contributed by atoms with Gasteiger partial charge in [0.05, 0.1) is 30.7 Å². The maximum atomic E-state index is 12.8. The molecule has 8 heteroatoms. The second kappa shape index (κ2) is 9.76. The highest BCUT2D eigenvalue weighted by molar-refractivity contribution is 6.04. The van der Waals surface area contributed by atoms with Crippen molar-refractivity contribution in [2.45, 2.75) is 26.7 Å². The Hall–Kier alpha value is -3.83. The van der Waals surface area contributed by atoms with Gasteiger partial charge in [-0.1, -0.05) is 13.8 Å². The van der Waals surface area contributed by atoms with Gasteiger partial charge in [0.15, 0.2) is 0 Å². The molecule has 1 aliphatic rings. The fourth-order valence-electron chi connectivity index (χ4n) is 3.72. The van der Waals surface area contributed by atoms with Crippen molar-refractivity contribution < 1.29 is 9.53 Å². The lowest BCUT2D eigenvalue weighted by Crippen LogP contribution is -2.37. The zero-order chi connectivity index (χ0) is 23.4. The van der Waals surface area contributed by atoms with Crippen molar-refractivity contribution in [3.8, 4) is 17.2 Å². The highest BCUT2D eigenvalue weighted by atomic mass is 16.5. The molecular formula is C25H26N6O2. The van der Waals surface area contributed by atoms with Gasteiger partial charge in [-0.15, -0.1) is 0 Å². The van der Waals surface area contributed by atoms with E-state index in [9.17, 15) is 10.1 Å². The fraction of sp³-hybridized carbons (Fsp3) is 0.320. The molecule has 1 aliphatic heterocycles. The number of ether oxygens (including phenoxy) is 1. The van der Waals surface area contributed by atoms with Crippen LogP contribution in [0.4, 0.5) is 11.5 Å². The summed E-state index contributed by atoms with van der Waals surface area (Å²) in [5, 5.41) is 12.6. The molecule has 1 fully saturated rings. The number of hydrogen-bond donors (Lipinski definition) is 1. The van der Waals surface area contributed by atoms with Gasteiger partial charge in [0, 0.05) is 53.6 Å². The van der Waals surface area contributed by atoms with Crippen LogP contribution in [0.1, 0.15) is 47.1 Å². The van der Waals surface area contributed by atoms with Crippen LogP contribution in [0, 0.1) is 18.3 Å². The third-order valence-electron chi connectivity index (χ3n) is 5.59. The summed E-state index contributed by atoms with van der Waals surface area (Å²) in [5.74, 6) is 0.667. The third kappa shape index (κ3) is 4.99. The molecule has 0 bridgehead atoms. The summed E-state index contributed by atoms with van der Waals surface area (Å²) in [5.41, 5.74) is 4.84. The summed E-state index contributed by atoms with van der Waals surface area (Å²) >= 11 is 0. The van der Waals surface area contributed by atoms with E-state index in [2.05, 4.69) is 31.2 Å². The quantitative estimate of drug-likeness (QED) is 0.638. The molecular weight excluding hydrogens is 416 g/mol. The van der Waals surface area contributed by atoms with E-state index in [4.69, 9.17) is 4.74 Å². The van der Waals surface area contributed by atoms with Gasteiger partial charge >= 0.3 is 0 Å². The first-order valence-electron chi connectivity index (χ1n) is 10.9. The summed E-state index contributed by atoms with van der Waals surface area (Å²) in [6.45, 7) is 8.61. The van der Waals surface area contributed by atoms with Crippen molar-refractivity contribution in [3.63, 3.8) is 0 Å². The lowest BCUT2D eigenvalue weighted by atomic mass is 10.0. The van der Waals surface area contributed by atoms with E-state index in [-0.39, 0.29) is 11.8 Å². The highest BCUT2D eigenvalue weighted by Gasteiger charge is 2.18. The van der Waals surface area contributed by atoms with E-state index >= 15 is 0 Å². The van der Waals surface area contributed by atoms with Crippen molar-refractivity contribution >= 4 is 17.4 Å². The first-order chi connectivity index (χ1) is 16.0. The van der Waals surface area contributed by atoms with Gasteiger partial charge < -0.3 is 15.0 Å². The predicted molar refractivity (Wildman–Crippen MR) is 126 cm³/mol. The van der Waals surface area contributed by atoms with Crippen LogP contribution in [0.25, 0.3) is 11.1 Å². The van der Waals surface area contributed by atoms with Gasteiger partial charge in [-0.25, -0.2) is 4.98 Å². The van der Waals surface area contributed by atoms with Crippen LogP contribution in [0.5, 0.6) is 0 Å². The van der Waals surface area contributed by atoms with Crippen molar-refractivity contribution in [1.29, 1.82) is 5.26 Å². The number of morpholine rings is 1. The maximum absolute atomic E-state index is 12.8. The van der Waals surface area contributed by atoms with E-state index in [1.807, 2.05) is 32.9 Å². The van der Waals surface area contributed by atoms with E-state index < -0.39 is 0 Å². The molecule has 1 saturated heterocycles. The molecule has 3 aromatic rings. The number of amides is 1. The lowest BCUT2D eigenvalue weighted by molar-refractivity contribution is 0.102. The number of rotatable bonds is 5. The minimum atomic E-state index is -0.227. The summed E-state index contributed by atoms with van der Waals surface area (Å²) < 4.78 is 5.40. The molecule has 0 spiro atoms. The third-order valence-corrected chi connectivity index (χ3v) is 5.59. The van der Waals surface area contributed by atoms with Gasteiger partial charge in [0.25, 0.3) is 5.91 Å². The van der Waals surface area contributed by atoms with Gasteiger partial charge in [0.2, 0.25) is 0 Å². The van der Waals surface area contributed by atoms with E-state index in [0.29, 0.717) is 48.9 Å². The van der Waals surface area contributed by atoms with Crippen LogP contribution in [-0.2, 0) is 4.74 Å². The Morgan fingerprint density at radius 2 is 1.94 bits per heavy atom. The molecule has 1 N–H and O–H groups in total. The molecule has 3 aromatic heterocycles. The number of nitrogens with zero attached hydrogens (tertiary/aromatic N) is 5. The van der Waals surface area contributed by atoms with Crippen molar-refractivity contribution in [2.24, 2.45) is 0 Å². The molecule has 8 nitrogen and oxygen atoms in total. The molecule has 0 radical (unpaired) electrons. The average molecular weight is 443 g/mol. The van der Waals surface area contributed by atoms with Crippen LogP contribution in [0.3, 0.4) is 0 Å². The van der Waals surface area contributed by atoms with Gasteiger partial charge in [-0.2, -0.15) is 5.26 Å². The summed E-state index contributed by atoms with van der Waals surface area (Å²) in [4.78, 5) is 28.2. The van der Waals surface area contributed by atoms with Crippen molar-refractivity contribution in [3.05, 3.63) is 65.4 Å². The Morgan fingerprint density at radius 1 is 1.15 bits per heavy atom. The average Bonchev–Trinajstić information content (AvgIpc) is 2.85. The number of hydrogen-bond acceptors (Lipinski definition) is 7. The van der Waals surface area contributed by atoms with Crippen LogP contribution < -0.4 is 10.2 Å². The van der Waals surface area contributed by atoms with Gasteiger partial charge in [-0.05, 0) is 37.1 Å². The fourth-order valence-corrected chi connectivity index (χ4v) is 3.72. The van der Waals surface area contributed by atoms with Crippen LogP contribution >= 0.6 is 0 Å². The Bertz CT molecular complexity index is 1210. The smallest absolute Gasteiger partial charge is 0.255 e. The first kappa shape index (κ1) is 22.4. The lowest BCUT2D eigenvalue weighted by Gasteiger charge is -2.28. The van der Waals surface area contributed by atoms with Gasteiger partial charge in [0.1, 0.15) is 11.9 Å². The zero-order valence-corrected chi connectivity index (χ0v) is 19.0. The Labute approximate surface area is 193 Å². The monoisotopic (exact) mass is 442 g/mol. The molecule has 1 amide bonds. The van der Waals surface area contributed by atoms with Crippen LogP contribution in [0.2, 0.25) is 0 Å². The number of nitrogens with one attached hydrogen (secondary N) is 1. The minimum absolute atomic E-state index is 0.227. The number of nitriles is 1. The largest absolute Gasteiger partial charge is 0.378 e. The summed E-state index contributed by atoms with van der Waals surface area (Å²) in [6, 6.07) is 9.44. The number of anilines is 2. The molecule has 4 rings (SSSR count). The topological polar surface area (TPSA) is 104 Å². The first-order valence-corrected chi connectivity index (χ1v) is 10.9. The van der Waals surface area contributed by atoms with Crippen molar-refractivity contribution in [2.75, 3.05) is 36.5 Å². The normalized spacial score (nSPS) is 13.6. The number of carbonyl (C=O) groups excluding carboxylic acids is 1. The second-order valence-electron chi connectivity index (χ2n) is 8.24. The molecule has 0 aromatic carbocycles. The van der Waals surface area contributed by atoms with Crippen LogP contribution in [0.15, 0.2) is 42.9 Å². The van der Waals surface area contributed by atoms with Crippen LogP contribution in [-0.4, -0.2) is 47.2 Å². The van der Waals surface area contributed by atoms with E-state index in [1.165, 1.54) is 0 Å².